The van der Waals surface area contributed by atoms with Crippen molar-refractivity contribution >= 4 is 17.3 Å². The minimum absolute atomic E-state index is 0.837. The molecule has 0 heterocycles. The molecular weight excluding hydrogens is 406 g/mol. The van der Waals surface area contributed by atoms with Crippen molar-refractivity contribution in [3.05, 3.63) is 0 Å². The number of hydrogen-bond acceptors (Lipinski definition) is 3. The van der Waals surface area contributed by atoms with Crippen LogP contribution in [0.5, 0.6) is 0 Å². The third-order valence-corrected chi connectivity index (χ3v) is 8.45. The van der Waals surface area contributed by atoms with Crippen LogP contribution in [0, 0.1) is 0 Å². The first kappa shape index (κ1) is 28.5. The standard InChI is InChI=1S/3C8H17O.Ga/c3*1-2-3-4-5-6-7-8-9;/h3*2-8H2,1H3;/q3*-1;+3. The van der Waals surface area contributed by atoms with Crippen LogP contribution in [-0.4, -0.2) is 37.1 Å². The van der Waals surface area contributed by atoms with E-state index < -0.39 is 17.3 Å². The first-order valence-electron chi connectivity index (χ1n) is 12.7. The quantitative estimate of drug-likeness (QED) is 0.108. The van der Waals surface area contributed by atoms with Gasteiger partial charge in [-0.3, -0.25) is 0 Å². The van der Waals surface area contributed by atoms with Crippen LogP contribution in [0.3, 0.4) is 0 Å². The summed E-state index contributed by atoms with van der Waals surface area (Å²) in [4.78, 5) is 0. The van der Waals surface area contributed by atoms with Gasteiger partial charge in [0, 0.05) is 0 Å². The van der Waals surface area contributed by atoms with E-state index in [2.05, 4.69) is 20.8 Å². The average Bonchev–Trinajstić information content (AvgIpc) is 2.71. The summed E-state index contributed by atoms with van der Waals surface area (Å²) in [6.45, 7) is 9.31. The molecule has 0 fully saturated rings. The van der Waals surface area contributed by atoms with Crippen LogP contribution in [-0.2, 0) is 10.6 Å². The van der Waals surface area contributed by atoms with Crippen LogP contribution < -0.4 is 0 Å². The predicted octanol–water partition coefficient (Wildman–Crippen LogP) is 8.10. The predicted molar refractivity (Wildman–Crippen MR) is 124 cm³/mol. The van der Waals surface area contributed by atoms with Crippen LogP contribution in [0.1, 0.15) is 136 Å². The summed E-state index contributed by atoms with van der Waals surface area (Å²) in [5, 5.41) is 0. The van der Waals surface area contributed by atoms with Gasteiger partial charge in [-0.2, -0.15) is 0 Å². The SMILES string of the molecule is CCCCCCCC[O][Ga]([O]CCCCCCCC)[O]CCCCCCCC. The zero-order valence-electron chi connectivity index (χ0n) is 19.7. The molecule has 0 aromatic heterocycles. The Balaban J connectivity index is 3.80. The van der Waals surface area contributed by atoms with Gasteiger partial charge in [0.15, 0.2) is 0 Å². The topological polar surface area (TPSA) is 27.7 Å². The molecule has 0 aliphatic rings. The van der Waals surface area contributed by atoms with Gasteiger partial charge in [0.2, 0.25) is 0 Å². The molecule has 0 N–H and O–H groups in total. The van der Waals surface area contributed by atoms with E-state index in [1.54, 1.807) is 0 Å². The third kappa shape index (κ3) is 22.8. The van der Waals surface area contributed by atoms with Gasteiger partial charge in [-0.1, -0.05) is 0 Å². The Morgan fingerprint density at radius 1 is 0.357 bits per heavy atom. The van der Waals surface area contributed by atoms with Gasteiger partial charge in [-0.05, 0) is 0 Å². The summed E-state index contributed by atoms with van der Waals surface area (Å²) < 4.78 is 18.2. The molecular formula is C24H51GaO3. The van der Waals surface area contributed by atoms with Gasteiger partial charge in [0.25, 0.3) is 0 Å². The monoisotopic (exact) mass is 456 g/mol. The van der Waals surface area contributed by atoms with Gasteiger partial charge >= 0.3 is 184 Å². The van der Waals surface area contributed by atoms with Gasteiger partial charge in [-0.15, -0.1) is 0 Å². The Bertz CT molecular complexity index is 234. The van der Waals surface area contributed by atoms with E-state index in [-0.39, 0.29) is 0 Å². The molecule has 0 rings (SSSR count). The Hall–Kier alpha value is 0.516. The summed E-state index contributed by atoms with van der Waals surface area (Å²) in [5.41, 5.74) is 0. The van der Waals surface area contributed by atoms with Crippen LogP contribution in [0.25, 0.3) is 0 Å². The van der Waals surface area contributed by atoms with Crippen molar-refractivity contribution in [1.82, 2.24) is 0 Å². The molecule has 3 nitrogen and oxygen atoms in total. The second kappa shape index (κ2) is 25.6. The first-order chi connectivity index (χ1) is 13.8. The molecule has 4 heteroatoms. The summed E-state index contributed by atoms with van der Waals surface area (Å²) in [6, 6.07) is 0. The summed E-state index contributed by atoms with van der Waals surface area (Å²) in [6.07, 6.45) is 23.5. The van der Waals surface area contributed by atoms with Gasteiger partial charge < -0.3 is 0 Å². The van der Waals surface area contributed by atoms with E-state index in [0.717, 1.165) is 39.1 Å². The van der Waals surface area contributed by atoms with E-state index >= 15 is 0 Å². The van der Waals surface area contributed by atoms with Crippen LogP contribution in [0.15, 0.2) is 0 Å². The Labute approximate surface area is 183 Å². The zero-order chi connectivity index (χ0) is 20.5. The molecule has 28 heavy (non-hydrogen) atoms. The van der Waals surface area contributed by atoms with Crippen molar-refractivity contribution in [2.24, 2.45) is 0 Å². The first-order valence-corrected chi connectivity index (χ1v) is 15.7. The maximum atomic E-state index is 6.08. The third-order valence-electron chi connectivity index (χ3n) is 5.26. The molecule has 0 atom stereocenters. The van der Waals surface area contributed by atoms with Crippen molar-refractivity contribution < 1.29 is 10.6 Å². The Morgan fingerprint density at radius 3 is 0.893 bits per heavy atom. The Kier molecular flexibility index (Phi) is 26.0. The van der Waals surface area contributed by atoms with Crippen LogP contribution in [0.2, 0.25) is 0 Å². The maximum absolute atomic E-state index is 6.08. The van der Waals surface area contributed by atoms with Crippen LogP contribution >= 0.6 is 0 Å². The molecule has 0 radical (unpaired) electrons. The molecule has 0 aliphatic carbocycles. The van der Waals surface area contributed by atoms with Crippen molar-refractivity contribution in [2.75, 3.05) is 19.8 Å². The second-order valence-corrected chi connectivity index (χ2v) is 11.5. The van der Waals surface area contributed by atoms with E-state index in [4.69, 9.17) is 10.6 Å². The fourth-order valence-corrected chi connectivity index (χ4v) is 6.20. The van der Waals surface area contributed by atoms with E-state index in [9.17, 15) is 0 Å². The fraction of sp³-hybridized carbons (Fsp3) is 1.00. The fourth-order valence-electron chi connectivity index (χ4n) is 3.33. The molecule has 0 aromatic carbocycles. The molecule has 0 saturated carbocycles. The van der Waals surface area contributed by atoms with Crippen molar-refractivity contribution in [1.29, 1.82) is 0 Å². The molecule has 0 unspecified atom stereocenters. The zero-order valence-corrected chi connectivity index (χ0v) is 22.1. The number of unbranched alkanes of at least 4 members (excludes halogenated alkanes) is 15. The van der Waals surface area contributed by atoms with Gasteiger partial charge in [-0.25, -0.2) is 0 Å². The van der Waals surface area contributed by atoms with E-state index in [1.807, 2.05) is 0 Å². The normalized spacial score (nSPS) is 11.2. The molecule has 0 aromatic rings. The Morgan fingerprint density at radius 2 is 0.607 bits per heavy atom. The van der Waals surface area contributed by atoms with Gasteiger partial charge in [0.1, 0.15) is 0 Å². The van der Waals surface area contributed by atoms with Crippen LogP contribution in [0.4, 0.5) is 0 Å². The van der Waals surface area contributed by atoms with E-state index in [0.29, 0.717) is 0 Å². The molecule has 0 bridgehead atoms. The number of rotatable bonds is 24. The van der Waals surface area contributed by atoms with Crippen molar-refractivity contribution in [3.8, 4) is 0 Å². The molecule has 0 saturated heterocycles. The average molecular weight is 457 g/mol. The summed E-state index contributed by atoms with van der Waals surface area (Å²) >= 11 is -2.44. The minimum atomic E-state index is -2.44. The summed E-state index contributed by atoms with van der Waals surface area (Å²) in [7, 11) is 0. The summed E-state index contributed by atoms with van der Waals surface area (Å²) in [5.74, 6) is 0. The molecule has 0 spiro atoms. The molecule has 168 valence electrons. The van der Waals surface area contributed by atoms with Crippen molar-refractivity contribution in [3.63, 3.8) is 0 Å². The van der Waals surface area contributed by atoms with E-state index in [1.165, 1.54) is 96.3 Å². The number of hydrogen-bond donors (Lipinski definition) is 0. The van der Waals surface area contributed by atoms with Crippen molar-refractivity contribution in [2.45, 2.75) is 136 Å². The second-order valence-electron chi connectivity index (χ2n) is 8.20. The van der Waals surface area contributed by atoms with Gasteiger partial charge in [0.05, 0.1) is 0 Å². The molecule has 0 amide bonds. The molecule has 0 aliphatic heterocycles.